The predicted octanol–water partition coefficient (Wildman–Crippen LogP) is 1.87. The van der Waals surface area contributed by atoms with E-state index in [0.717, 1.165) is 13.2 Å². The Kier molecular flexibility index (Phi) is 2.68. The number of pyridine rings is 1. The van der Waals surface area contributed by atoms with Gasteiger partial charge in [0.2, 0.25) is 0 Å². The van der Waals surface area contributed by atoms with Crippen LogP contribution in [0.25, 0.3) is 0 Å². The molecule has 1 aromatic heterocycles. The molecule has 17 heavy (non-hydrogen) atoms. The summed E-state index contributed by atoms with van der Waals surface area (Å²) < 4.78 is 5.46. The van der Waals surface area contributed by atoms with E-state index in [-0.39, 0.29) is 5.41 Å². The average molecular weight is 232 g/mol. The van der Waals surface area contributed by atoms with E-state index in [9.17, 15) is 0 Å². The second kappa shape index (κ2) is 4.07. The number of nitrogens with zero attached hydrogens (tertiary/aromatic N) is 1. The third-order valence-corrected chi connectivity index (χ3v) is 4.58. The molecule has 2 aliphatic rings. The zero-order valence-electron chi connectivity index (χ0n) is 10.2. The van der Waals surface area contributed by atoms with E-state index >= 15 is 0 Å². The van der Waals surface area contributed by atoms with Crippen LogP contribution in [0.2, 0.25) is 0 Å². The normalized spacial score (nSPS) is 25.5. The van der Waals surface area contributed by atoms with Crippen molar-refractivity contribution in [3.8, 4) is 0 Å². The molecule has 2 heterocycles. The van der Waals surface area contributed by atoms with Gasteiger partial charge in [-0.1, -0.05) is 6.07 Å². The van der Waals surface area contributed by atoms with Crippen LogP contribution in [0.5, 0.6) is 0 Å². The van der Waals surface area contributed by atoms with Crippen molar-refractivity contribution in [2.75, 3.05) is 19.8 Å². The molecule has 3 heteroatoms. The molecule has 0 unspecified atom stereocenters. The van der Waals surface area contributed by atoms with Crippen molar-refractivity contribution in [3.05, 3.63) is 30.1 Å². The van der Waals surface area contributed by atoms with Gasteiger partial charge in [-0.05, 0) is 43.2 Å². The van der Waals surface area contributed by atoms with Crippen molar-refractivity contribution < 1.29 is 4.74 Å². The lowest BCUT2D eigenvalue weighted by Gasteiger charge is -2.57. The number of aromatic nitrogens is 1. The number of hydrogen-bond acceptors (Lipinski definition) is 3. The van der Waals surface area contributed by atoms with Crippen molar-refractivity contribution in [1.29, 1.82) is 0 Å². The van der Waals surface area contributed by atoms with E-state index in [1.165, 1.54) is 31.4 Å². The molecule has 0 radical (unpaired) electrons. The molecule has 1 aliphatic heterocycles. The van der Waals surface area contributed by atoms with Crippen molar-refractivity contribution in [1.82, 2.24) is 4.98 Å². The van der Waals surface area contributed by atoms with Gasteiger partial charge in [0, 0.05) is 37.1 Å². The van der Waals surface area contributed by atoms with Gasteiger partial charge in [0.15, 0.2) is 0 Å². The van der Waals surface area contributed by atoms with Gasteiger partial charge in [-0.25, -0.2) is 0 Å². The summed E-state index contributed by atoms with van der Waals surface area (Å²) >= 11 is 0. The van der Waals surface area contributed by atoms with Crippen LogP contribution in [-0.2, 0) is 10.2 Å². The minimum atomic E-state index is 0.137. The highest BCUT2D eigenvalue weighted by Gasteiger charge is 2.55. The molecular weight excluding hydrogens is 212 g/mol. The maximum Gasteiger partial charge on any atom is 0.0478 e. The monoisotopic (exact) mass is 232 g/mol. The highest BCUT2D eigenvalue weighted by molar-refractivity contribution is 5.25. The van der Waals surface area contributed by atoms with Crippen LogP contribution in [0.1, 0.15) is 31.4 Å². The number of hydrogen-bond donors (Lipinski definition) is 1. The molecule has 2 fully saturated rings. The summed E-state index contributed by atoms with van der Waals surface area (Å²) in [5.41, 5.74) is 7.83. The molecular formula is C14H20N2O. The molecule has 0 amide bonds. The van der Waals surface area contributed by atoms with Crippen molar-refractivity contribution in [2.45, 2.75) is 31.1 Å². The molecule has 0 atom stereocenters. The first-order chi connectivity index (χ1) is 8.29. The van der Waals surface area contributed by atoms with Gasteiger partial charge in [0.05, 0.1) is 0 Å². The number of nitrogens with two attached hydrogens (primary N) is 1. The average Bonchev–Trinajstić information content (AvgIpc) is 2.37. The molecule has 3 rings (SSSR count). The van der Waals surface area contributed by atoms with E-state index in [1.54, 1.807) is 0 Å². The Bertz CT molecular complexity index is 376. The summed E-state index contributed by atoms with van der Waals surface area (Å²) in [6, 6.07) is 6.16. The van der Waals surface area contributed by atoms with Crippen LogP contribution in [0.15, 0.2) is 24.4 Å². The largest absolute Gasteiger partial charge is 0.381 e. The molecule has 1 saturated carbocycles. The van der Waals surface area contributed by atoms with Crippen molar-refractivity contribution >= 4 is 0 Å². The highest BCUT2D eigenvalue weighted by atomic mass is 16.5. The van der Waals surface area contributed by atoms with Crippen LogP contribution in [0.4, 0.5) is 0 Å². The van der Waals surface area contributed by atoms with Crippen LogP contribution in [-0.4, -0.2) is 24.7 Å². The second-order valence-electron chi connectivity index (χ2n) is 5.67. The minimum absolute atomic E-state index is 0.137. The summed E-state index contributed by atoms with van der Waals surface area (Å²) in [7, 11) is 0. The maximum atomic E-state index is 6.02. The Hall–Kier alpha value is -0.930. The summed E-state index contributed by atoms with van der Waals surface area (Å²) in [6.45, 7) is 2.55. The molecule has 1 saturated heterocycles. The standard InChI is InChI=1S/C14H20N2O/c15-11-14(12-3-1-2-6-16-12)9-13(10-14)4-7-17-8-5-13/h1-3,6H,4-5,7-11,15H2. The van der Waals surface area contributed by atoms with Gasteiger partial charge in [0.25, 0.3) is 0 Å². The summed E-state index contributed by atoms with van der Waals surface area (Å²) in [5, 5.41) is 0. The smallest absolute Gasteiger partial charge is 0.0478 e. The quantitative estimate of drug-likeness (QED) is 0.846. The zero-order valence-corrected chi connectivity index (χ0v) is 10.2. The van der Waals surface area contributed by atoms with E-state index in [4.69, 9.17) is 10.5 Å². The lowest BCUT2D eigenvalue weighted by Crippen LogP contribution is -2.56. The topological polar surface area (TPSA) is 48.1 Å². The first kappa shape index (κ1) is 11.2. The zero-order chi connectivity index (χ0) is 11.8. The maximum absolute atomic E-state index is 6.02. The van der Waals surface area contributed by atoms with Gasteiger partial charge in [-0.2, -0.15) is 0 Å². The molecule has 1 spiro atoms. The van der Waals surface area contributed by atoms with Gasteiger partial charge < -0.3 is 10.5 Å². The third-order valence-electron chi connectivity index (χ3n) is 4.58. The molecule has 0 bridgehead atoms. The summed E-state index contributed by atoms with van der Waals surface area (Å²) in [6.07, 6.45) is 6.65. The first-order valence-corrected chi connectivity index (χ1v) is 6.48. The molecule has 1 aromatic rings. The Morgan fingerprint density at radius 3 is 2.59 bits per heavy atom. The Morgan fingerprint density at radius 2 is 2.00 bits per heavy atom. The van der Waals surface area contributed by atoms with Gasteiger partial charge in [-0.3, -0.25) is 4.98 Å². The molecule has 2 N–H and O–H groups in total. The second-order valence-corrected chi connectivity index (χ2v) is 5.67. The van der Waals surface area contributed by atoms with Gasteiger partial charge in [-0.15, -0.1) is 0 Å². The van der Waals surface area contributed by atoms with E-state index in [2.05, 4.69) is 17.1 Å². The minimum Gasteiger partial charge on any atom is -0.381 e. The summed E-state index contributed by atoms with van der Waals surface area (Å²) in [4.78, 5) is 4.51. The lowest BCUT2D eigenvalue weighted by atomic mass is 9.49. The molecule has 3 nitrogen and oxygen atoms in total. The fourth-order valence-corrected chi connectivity index (χ4v) is 3.65. The number of ether oxygens (including phenoxy) is 1. The highest BCUT2D eigenvalue weighted by Crippen LogP contribution is 2.59. The van der Waals surface area contributed by atoms with E-state index < -0.39 is 0 Å². The molecule has 92 valence electrons. The van der Waals surface area contributed by atoms with Gasteiger partial charge >= 0.3 is 0 Å². The van der Waals surface area contributed by atoms with Crippen molar-refractivity contribution in [2.24, 2.45) is 11.1 Å². The predicted molar refractivity (Wildman–Crippen MR) is 66.7 cm³/mol. The van der Waals surface area contributed by atoms with Crippen LogP contribution in [0.3, 0.4) is 0 Å². The number of rotatable bonds is 2. The molecule has 1 aliphatic carbocycles. The molecule has 0 aromatic carbocycles. The van der Waals surface area contributed by atoms with E-state index in [1.807, 2.05) is 12.3 Å². The summed E-state index contributed by atoms with van der Waals surface area (Å²) in [5.74, 6) is 0. The van der Waals surface area contributed by atoms with Crippen LogP contribution >= 0.6 is 0 Å². The lowest BCUT2D eigenvalue weighted by molar-refractivity contribution is -0.0726. The fraction of sp³-hybridized carbons (Fsp3) is 0.643. The Balaban J connectivity index is 1.79. The fourth-order valence-electron chi connectivity index (χ4n) is 3.65. The Labute approximate surface area is 102 Å². The van der Waals surface area contributed by atoms with E-state index in [0.29, 0.717) is 12.0 Å². The SMILES string of the molecule is NCC1(c2ccccn2)CC2(CCOCC2)C1. The van der Waals surface area contributed by atoms with Crippen molar-refractivity contribution in [3.63, 3.8) is 0 Å². The Morgan fingerprint density at radius 1 is 1.24 bits per heavy atom. The van der Waals surface area contributed by atoms with Crippen LogP contribution < -0.4 is 5.73 Å². The third kappa shape index (κ3) is 1.78. The first-order valence-electron chi connectivity index (χ1n) is 6.48. The van der Waals surface area contributed by atoms with Gasteiger partial charge in [0.1, 0.15) is 0 Å². The van der Waals surface area contributed by atoms with Crippen LogP contribution in [0, 0.1) is 5.41 Å².